The van der Waals surface area contributed by atoms with Gasteiger partial charge in [0.2, 0.25) is 0 Å². The Balaban J connectivity index is 2.75. The van der Waals surface area contributed by atoms with E-state index >= 15 is 0 Å². The van der Waals surface area contributed by atoms with E-state index in [0.717, 1.165) is 12.1 Å². The lowest BCUT2D eigenvalue weighted by Crippen LogP contribution is -2.20. The first-order valence-electron chi connectivity index (χ1n) is 5.12. The van der Waals surface area contributed by atoms with E-state index in [1.165, 1.54) is 0 Å². The number of hydrogen-bond acceptors (Lipinski definition) is 3. The van der Waals surface area contributed by atoms with E-state index in [1.54, 1.807) is 12.1 Å². The minimum atomic E-state index is -0.955. The molecule has 88 valence electrons. The summed E-state index contributed by atoms with van der Waals surface area (Å²) in [6.07, 6.45) is 0. The van der Waals surface area contributed by atoms with Crippen LogP contribution < -0.4 is 4.74 Å². The van der Waals surface area contributed by atoms with Crippen molar-refractivity contribution in [3.63, 3.8) is 0 Å². The molecule has 0 radical (unpaired) electrons. The number of nitrogens with zero attached hydrogens (tertiary/aromatic N) is 1. The number of carboxylic acid groups (broad SMARTS) is 1. The average molecular weight is 223 g/mol. The van der Waals surface area contributed by atoms with Crippen LogP contribution in [-0.2, 0) is 0 Å². The topological polar surface area (TPSA) is 49.8 Å². The molecule has 0 spiro atoms. The third kappa shape index (κ3) is 3.55. The number of carboxylic acids is 1. The first-order valence-corrected chi connectivity index (χ1v) is 5.12. The molecule has 1 aromatic carbocycles. The summed E-state index contributed by atoms with van der Waals surface area (Å²) in [5, 5.41) is 9.01. The molecule has 0 fully saturated rings. The van der Waals surface area contributed by atoms with Gasteiger partial charge in [-0.2, -0.15) is 0 Å². The Morgan fingerprint density at radius 1 is 1.44 bits per heavy atom. The molecule has 0 bridgehead atoms. The molecule has 0 aromatic heterocycles. The van der Waals surface area contributed by atoms with Gasteiger partial charge in [-0.05, 0) is 33.2 Å². The van der Waals surface area contributed by atoms with Gasteiger partial charge >= 0.3 is 5.97 Å². The van der Waals surface area contributed by atoms with Crippen molar-refractivity contribution in [2.24, 2.45) is 0 Å². The first-order chi connectivity index (χ1) is 7.50. The maximum Gasteiger partial charge on any atom is 0.339 e. The second-order valence-corrected chi connectivity index (χ2v) is 3.96. The SMILES string of the molecule is Cc1ccc(OCCN(C)C)c(C(=O)O)c1. The maximum absolute atomic E-state index is 11.0. The van der Waals surface area contributed by atoms with Crippen LogP contribution in [0.25, 0.3) is 0 Å². The summed E-state index contributed by atoms with van der Waals surface area (Å²) >= 11 is 0. The zero-order valence-corrected chi connectivity index (χ0v) is 9.86. The van der Waals surface area contributed by atoms with Crippen LogP contribution in [0.15, 0.2) is 18.2 Å². The average Bonchev–Trinajstić information content (AvgIpc) is 2.19. The summed E-state index contributed by atoms with van der Waals surface area (Å²) in [7, 11) is 3.88. The fourth-order valence-corrected chi connectivity index (χ4v) is 1.27. The largest absolute Gasteiger partial charge is 0.491 e. The Morgan fingerprint density at radius 2 is 2.12 bits per heavy atom. The van der Waals surface area contributed by atoms with Gasteiger partial charge in [0.25, 0.3) is 0 Å². The summed E-state index contributed by atoms with van der Waals surface area (Å²) in [5.41, 5.74) is 1.14. The van der Waals surface area contributed by atoms with Gasteiger partial charge in [0, 0.05) is 6.54 Å². The Hall–Kier alpha value is -1.55. The molecule has 1 N–H and O–H groups in total. The van der Waals surface area contributed by atoms with E-state index in [4.69, 9.17) is 9.84 Å². The predicted molar refractivity (Wildman–Crippen MR) is 62.2 cm³/mol. The number of benzene rings is 1. The molecular formula is C12H17NO3. The lowest BCUT2D eigenvalue weighted by molar-refractivity contribution is 0.0692. The van der Waals surface area contributed by atoms with Crippen molar-refractivity contribution in [2.45, 2.75) is 6.92 Å². The number of likely N-dealkylation sites (N-methyl/N-ethyl adjacent to an activating group) is 1. The van der Waals surface area contributed by atoms with Crippen molar-refractivity contribution < 1.29 is 14.6 Å². The fraction of sp³-hybridized carbons (Fsp3) is 0.417. The number of ether oxygens (including phenoxy) is 1. The Kier molecular flexibility index (Phi) is 4.31. The van der Waals surface area contributed by atoms with Gasteiger partial charge < -0.3 is 14.7 Å². The lowest BCUT2D eigenvalue weighted by atomic mass is 10.1. The number of aryl methyl sites for hydroxylation is 1. The Morgan fingerprint density at radius 3 is 2.69 bits per heavy atom. The number of rotatable bonds is 5. The summed E-state index contributed by atoms with van der Waals surface area (Å²) in [4.78, 5) is 13.0. The molecule has 0 amide bonds. The van der Waals surface area contributed by atoms with Crippen LogP contribution in [0.5, 0.6) is 5.75 Å². The number of hydrogen-bond donors (Lipinski definition) is 1. The molecule has 0 saturated heterocycles. The van der Waals surface area contributed by atoms with E-state index in [0.29, 0.717) is 12.4 Å². The highest BCUT2D eigenvalue weighted by molar-refractivity contribution is 5.91. The predicted octanol–water partition coefficient (Wildman–Crippen LogP) is 1.63. The van der Waals surface area contributed by atoms with Crippen molar-refractivity contribution in [1.82, 2.24) is 4.90 Å². The highest BCUT2D eigenvalue weighted by Gasteiger charge is 2.11. The van der Waals surface area contributed by atoms with Crippen LogP contribution in [0.4, 0.5) is 0 Å². The molecule has 4 heteroatoms. The number of carbonyl (C=O) groups is 1. The quantitative estimate of drug-likeness (QED) is 0.824. The molecule has 0 aliphatic rings. The Labute approximate surface area is 95.5 Å². The molecule has 0 atom stereocenters. The zero-order chi connectivity index (χ0) is 12.1. The van der Waals surface area contributed by atoms with E-state index in [1.807, 2.05) is 32.0 Å². The van der Waals surface area contributed by atoms with Gasteiger partial charge in [0.15, 0.2) is 0 Å². The highest BCUT2D eigenvalue weighted by Crippen LogP contribution is 2.19. The summed E-state index contributed by atoms with van der Waals surface area (Å²) in [6.45, 7) is 3.10. The molecule has 1 aromatic rings. The van der Waals surface area contributed by atoms with E-state index in [9.17, 15) is 4.79 Å². The molecular weight excluding hydrogens is 206 g/mol. The second-order valence-electron chi connectivity index (χ2n) is 3.96. The van der Waals surface area contributed by atoms with Crippen LogP contribution in [0, 0.1) is 6.92 Å². The van der Waals surface area contributed by atoms with Crippen molar-refractivity contribution in [2.75, 3.05) is 27.2 Å². The molecule has 4 nitrogen and oxygen atoms in total. The van der Waals surface area contributed by atoms with Gasteiger partial charge in [0.1, 0.15) is 17.9 Å². The standard InChI is InChI=1S/C12H17NO3/c1-9-4-5-11(10(8-9)12(14)15)16-7-6-13(2)3/h4-5,8H,6-7H2,1-3H3,(H,14,15). The minimum absolute atomic E-state index is 0.221. The maximum atomic E-state index is 11.0. The van der Waals surface area contributed by atoms with E-state index in [-0.39, 0.29) is 5.56 Å². The van der Waals surface area contributed by atoms with Crippen molar-refractivity contribution >= 4 is 5.97 Å². The minimum Gasteiger partial charge on any atom is -0.491 e. The van der Waals surface area contributed by atoms with Crippen molar-refractivity contribution in [3.05, 3.63) is 29.3 Å². The van der Waals surface area contributed by atoms with E-state index in [2.05, 4.69) is 0 Å². The third-order valence-electron chi connectivity index (χ3n) is 2.16. The molecule has 0 aliphatic heterocycles. The van der Waals surface area contributed by atoms with Crippen LogP contribution in [0.3, 0.4) is 0 Å². The summed E-state index contributed by atoms with van der Waals surface area (Å²) in [6, 6.07) is 5.17. The van der Waals surface area contributed by atoms with Crippen LogP contribution >= 0.6 is 0 Å². The molecule has 1 rings (SSSR count). The first kappa shape index (κ1) is 12.5. The molecule has 0 unspecified atom stereocenters. The summed E-state index contributed by atoms with van der Waals surface area (Å²) in [5.74, 6) is -0.525. The molecule has 0 saturated carbocycles. The van der Waals surface area contributed by atoms with E-state index < -0.39 is 5.97 Å². The van der Waals surface area contributed by atoms with Gasteiger partial charge in [-0.3, -0.25) is 0 Å². The van der Waals surface area contributed by atoms with Gasteiger partial charge in [-0.15, -0.1) is 0 Å². The smallest absolute Gasteiger partial charge is 0.339 e. The van der Waals surface area contributed by atoms with Gasteiger partial charge in [0.05, 0.1) is 0 Å². The van der Waals surface area contributed by atoms with Crippen molar-refractivity contribution in [3.8, 4) is 5.75 Å². The van der Waals surface area contributed by atoms with Crippen LogP contribution in [0.1, 0.15) is 15.9 Å². The lowest BCUT2D eigenvalue weighted by Gasteiger charge is -2.12. The van der Waals surface area contributed by atoms with Crippen LogP contribution in [-0.4, -0.2) is 43.2 Å². The summed E-state index contributed by atoms with van der Waals surface area (Å²) < 4.78 is 5.44. The molecule has 0 aliphatic carbocycles. The van der Waals surface area contributed by atoms with Crippen LogP contribution in [0.2, 0.25) is 0 Å². The normalized spacial score (nSPS) is 10.5. The van der Waals surface area contributed by atoms with Crippen molar-refractivity contribution in [1.29, 1.82) is 0 Å². The molecule has 16 heavy (non-hydrogen) atoms. The fourth-order valence-electron chi connectivity index (χ4n) is 1.27. The number of aromatic carboxylic acids is 1. The second kappa shape index (κ2) is 5.51. The monoisotopic (exact) mass is 223 g/mol. The highest BCUT2D eigenvalue weighted by atomic mass is 16.5. The van der Waals surface area contributed by atoms with Gasteiger partial charge in [-0.25, -0.2) is 4.79 Å². The Bertz CT molecular complexity index is 375. The zero-order valence-electron chi connectivity index (χ0n) is 9.86. The van der Waals surface area contributed by atoms with Gasteiger partial charge in [-0.1, -0.05) is 11.6 Å². The molecule has 0 heterocycles. The third-order valence-corrected chi connectivity index (χ3v) is 2.16.